The topological polar surface area (TPSA) is 91.4 Å². The van der Waals surface area contributed by atoms with Gasteiger partial charge in [0, 0.05) is 13.1 Å². The van der Waals surface area contributed by atoms with E-state index in [2.05, 4.69) is 0 Å². The Bertz CT molecular complexity index is 990. The molecular weight excluding hydrogens is 434 g/mol. The van der Waals surface area contributed by atoms with Crippen molar-refractivity contribution in [1.82, 2.24) is 4.31 Å². The molecule has 3 rings (SSSR count). The molecular formula is C20H22ClNO7S. The highest BCUT2D eigenvalue weighted by Crippen LogP contribution is 2.29. The van der Waals surface area contributed by atoms with Crippen LogP contribution in [0.25, 0.3) is 0 Å². The van der Waals surface area contributed by atoms with Gasteiger partial charge in [0.05, 0.1) is 30.9 Å². The average Bonchev–Trinajstić information content (AvgIpc) is 2.77. The van der Waals surface area contributed by atoms with Gasteiger partial charge in [-0.05, 0) is 30.3 Å². The zero-order valence-electron chi connectivity index (χ0n) is 16.4. The maximum atomic E-state index is 13.0. The zero-order valence-corrected chi connectivity index (χ0v) is 17.9. The first-order valence-electron chi connectivity index (χ1n) is 9.24. The van der Waals surface area contributed by atoms with E-state index >= 15 is 0 Å². The first-order chi connectivity index (χ1) is 14.4. The first-order valence-corrected chi connectivity index (χ1v) is 11.1. The van der Waals surface area contributed by atoms with Crippen molar-refractivity contribution >= 4 is 27.6 Å². The molecule has 1 saturated heterocycles. The van der Waals surface area contributed by atoms with Crippen LogP contribution in [0.5, 0.6) is 11.5 Å². The second-order valence-corrected chi connectivity index (χ2v) is 8.61. The summed E-state index contributed by atoms with van der Waals surface area (Å²) in [6, 6.07) is 11.1. The summed E-state index contributed by atoms with van der Waals surface area (Å²) in [5.74, 6) is -0.0301. The molecule has 0 radical (unpaired) electrons. The zero-order chi connectivity index (χ0) is 21.6. The molecule has 1 fully saturated rings. The number of morpholine rings is 1. The lowest BCUT2D eigenvalue weighted by molar-refractivity contribution is 0.0450. The molecule has 0 aliphatic carbocycles. The number of carbonyl (C=O) groups is 1. The largest absolute Gasteiger partial charge is 0.495 e. The van der Waals surface area contributed by atoms with Crippen LogP contribution in [-0.4, -0.2) is 65.3 Å². The van der Waals surface area contributed by atoms with E-state index < -0.39 is 16.0 Å². The van der Waals surface area contributed by atoms with Gasteiger partial charge in [-0.1, -0.05) is 23.7 Å². The molecule has 2 aromatic rings. The molecule has 0 unspecified atom stereocenters. The predicted octanol–water partition coefficient (Wildman–Crippen LogP) is 2.61. The van der Waals surface area contributed by atoms with Gasteiger partial charge in [-0.15, -0.1) is 0 Å². The van der Waals surface area contributed by atoms with Gasteiger partial charge >= 0.3 is 5.97 Å². The van der Waals surface area contributed by atoms with Gasteiger partial charge < -0.3 is 18.9 Å². The van der Waals surface area contributed by atoms with Gasteiger partial charge in [-0.3, -0.25) is 0 Å². The van der Waals surface area contributed by atoms with Crippen LogP contribution in [0.15, 0.2) is 47.4 Å². The maximum Gasteiger partial charge on any atom is 0.338 e. The van der Waals surface area contributed by atoms with Crippen LogP contribution in [0, 0.1) is 0 Å². The minimum atomic E-state index is -3.85. The van der Waals surface area contributed by atoms with Gasteiger partial charge in [-0.25, -0.2) is 13.2 Å². The Morgan fingerprint density at radius 1 is 1.10 bits per heavy atom. The van der Waals surface area contributed by atoms with Crippen molar-refractivity contribution in [1.29, 1.82) is 0 Å². The van der Waals surface area contributed by atoms with Gasteiger partial charge in [-0.2, -0.15) is 4.31 Å². The fourth-order valence-electron chi connectivity index (χ4n) is 2.86. The number of rotatable bonds is 8. The van der Waals surface area contributed by atoms with Gasteiger partial charge in [0.15, 0.2) is 0 Å². The van der Waals surface area contributed by atoms with Crippen LogP contribution in [0.1, 0.15) is 10.4 Å². The number of ether oxygens (including phenoxy) is 4. The van der Waals surface area contributed by atoms with Crippen LogP contribution >= 0.6 is 11.6 Å². The number of nitrogens with zero attached hydrogens (tertiary/aromatic N) is 1. The molecule has 0 atom stereocenters. The quantitative estimate of drug-likeness (QED) is 0.446. The fraction of sp³-hybridized carbons (Fsp3) is 0.350. The molecule has 0 N–H and O–H groups in total. The Morgan fingerprint density at radius 2 is 1.83 bits per heavy atom. The van der Waals surface area contributed by atoms with Crippen molar-refractivity contribution in [2.75, 3.05) is 46.6 Å². The molecule has 0 saturated carbocycles. The van der Waals surface area contributed by atoms with Crippen molar-refractivity contribution in [2.24, 2.45) is 0 Å². The second kappa shape index (κ2) is 10.1. The Labute approximate surface area is 180 Å². The fourth-order valence-corrected chi connectivity index (χ4v) is 4.64. The summed E-state index contributed by atoms with van der Waals surface area (Å²) in [7, 11) is -2.47. The molecule has 162 valence electrons. The Morgan fingerprint density at radius 3 is 2.53 bits per heavy atom. The lowest BCUT2D eigenvalue weighted by atomic mass is 10.2. The van der Waals surface area contributed by atoms with E-state index in [1.165, 1.54) is 29.6 Å². The summed E-state index contributed by atoms with van der Waals surface area (Å²) in [4.78, 5) is 12.3. The van der Waals surface area contributed by atoms with Gasteiger partial charge in [0.25, 0.3) is 0 Å². The number of hydrogen-bond donors (Lipinski definition) is 0. The third kappa shape index (κ3) is 5.23. The van der Waals surface area contributed by atoms with E-state index in [1.54, 1.807) is 24.3 Å². The summed E-state index contributed by atoms with van der Waals surface area (Å²) in [5, 5.41) is 0.456. The number of carbonyl (C=O) groups excluding carboxylic acids is 1. The lowest BCUT2D eigenvalue weighted by Gasteiger charge is -2.26. The molecule has 0 bridgehead atoms. The third-order valence-corrected chi connectivity index (χ3v) is 6.63. The van der Waals surface area contributed by atoms with E-state index in [1.807, 2.05) is 0 Å². The van der Waals surface area contributed by atoms with Crippen molar-refractivity contribution in [3.05, 3.63) is 53.1 Å². The Kier molecular flexibility index (Phi) is 7.54. The number of hydrogen-bond acceptors (Lipinski definition) is 7. The maximum absolute atomic E-state index is 13.0. The van der Waals surface area contributed by atoms with Gasteiger partial charge in [0.1, 0.15) is 29.6 Å². The van der Waals surface area contributed by atoms with Crippen LogP contribution in [-0.2, 0) is 19.5 Å². The number of benzene rings is 2. The Balaban J connectivity index is 1.67. The monoisotopic (exact) mass is 455 g/mol. The molecule has 0 spiro atoms. The van der Waals surface area contributed by atoms with Crippen molar-refractivity contribution < 1.29 is 32.2 Å². The van der Waals surface area contributed by atoms with Crippen molar-refractivity contribution in [3.8, 4) is 11.5 Å². The van der Waals surface area contributed by atoms with Crippen molar-refractivity contribution in [3.63, 3.8) is 0 Å². The highest BCUT2D eigenvalue weighted by atomic mass is 35.5. The first kappa shape index (κ1) is 22.4. The van der Waals surface area contributed by atoms with Crippen molar-refractivity contribution in [2.45, 2.75) is 4.90 Å². The molecule has 1 heterocycles. The molecule has 8 nitrogen and oxygen atoms in total. The van der Waals surface area contributed by atoms with Crippen LogP contribution in [0.2, 0.25) is 5.02 Å². The summed E-state index contributed by atoms with van der Waals surface area (Å²) in [6.45, 7) is 1.18. The summed E-state index contributed by atoms with van der Waals surface area (Å²) < 4.78 is 48.4. The minimum absolute atomic E-state index is 0.0262. The number of sulfonamides is 1. The Hall–Kier alpha value is -2.33. The lowest BCUT2D eigenvalue weighted by Crippen LogP contribution is -2.40. The minimum Gasteiger partial charge on any atom is -0.495 e. The second-order valence-electron chi connectivity index (χ2n) is 6.30. The molecule has 1 aliphatic rings. The number of methoxy groups -OCH3 is 1. The van der Waals surface area contributed by atoms with E-state index in [4.69, 9.17) is 30.5 Å². The molecule has 2 aromatic carbocycles. The average molecular weight is 456 g/mol. The van der Waals surface area contributed by atoms with E-state index in [-0.39, 0.29) is 42.5 Å². The number of para-hydroxylation sites is 1. The van der Waals surface area contributed by atoms with E-state index in [9.17, 15) is 13.2 Å². The van der Waals surface area contributed by atoms with Crippen LogP contribution < -0.4 is 9.47 Å². The standard InChI is InChI=1S/C20H22ClNO7S/c1-26-18-7-6-15(14-19(18)30(24,25)22-8-10-27-11-9-22)20(23)29-13-12-28-17-5-3-2-4-16(17)21/h2-7,14H,8-13H2,1H3. The number of esters is 1. The predicted molar refractivity (Wildman–Crippen MR) is 110 cm³/mol. The summed E-state index contributed by atoms with van der Waals surface area (Å²) in [5.41, 5.74) is 0.0976. The summed E-state index contributed by atoms with van der Waals surface area (Å²) >= 11 is 6.00. The molecule has 10 heteroatoms. The molecule has 1 aliphatic heterocycles. The normalized spacial score (nSPS) is 14.9. The van der Waals surface area contributed by atoms with Crippen LogP contribution in [0.4, 0.5) is 0 Å². The van der Waals surface area contributed by atoms with Crippen LogP contribution in [0.3, 0.4) is 0 Å². The SMILES string of the molecule is COc1ccc(C(=O)OCCOc2ccccc2Cl)cc1S(=O)(=O)N1CCOCC1. The van der Waals surface area contributed by atoms with E-state index in [0.717, 1.165) is 0 Å². The molecule has 0 aromatic heterocycles. The molecule has 30 heavy (non-hydrogen) atoms. The van der Waals surface area contributed by atoms with Gasteiger partial charge in [0.2, 0.25) is 10.0 Å². The smallest absolute Gasteiger partial charge is 0.338 e. The highest BCUT2D eigenvalue weighted by Gasteiger charge is 2.30. The summed E-state index contributed by atoms with van der Waals surface area (Å²) in [6.07, 6.45) is 0. The highest BCUT2D eigenvalue weighted by molar-refractivity contribution is 7.89. The third-order valence-electron chi connectivity index (χ3n) is 4.40. The molecule has 0 amide bonds. The van der Waals surface area contributed by atoms with E-state index in [0.29, 0.717) is 24.0 Å². The number of halogens is 1.